The normalized spacial score (nSPS) is 32.2. The molecule has 0 aromatic heterocycles. The summed E-state index contributed by atoms with van der Waals surface area (Å²) in [6, 6.07) is 8.36. The Morgan fingerprint density at radius 3 is 2.38 bits per heavy atom. The predicted molar refractivity (Wildman–Crippen MR) is 87.5 cm³/mol. The molecule has 2 aliphatic carbocycles. The lowest BCUT2D eigenvalue weighted by molar-refractivity contribution is -0.182. The van der Waals surface area contributed by atoms with Gasteiger partial charge in [0.1, 0.15) is 0 Å². The Bertz CT molecular complexity index is 640. The minimum atomic E-state index is -0.737. The lowest BCUT2D eigenvalue weighted by atomic mass is 9.66. The number of nitrogens with one attached hydrogen (secondary N) is 1. The number of hydrogen-bond acceptors (Lipinski definition) is 3. The molecule has 1 unspecified atom stereocenters. The fourth-order valence-electron chi connectivity index (χ4n) is 4.51. The van der Waals surface area contributed by atoms with E-state index in [9.17, 15) is 9.59 Å². The molecule has 2 fully saturated rings. The number of aliphatic carboxylic acids is 1. The third-order valence-electron chi connectivity index (χ3n) is 5.85. The molecular weight excluding hydrogens is 306 g/mol. The topological polar surface area (TPSA) is 75.6 Å². The van der Waals surface area contributed by atoms with Gasteiger partial charge < -0.3 is 15.2 Å². The number of carboxylic acids is 1. The molecule has 1 amide bonds. The highest BCUT2D eigenvalue weighted by Gasteiger charge is 2.51. The molecule has 1 atom stereocenters. The van der Waals surface area contributed by atoms with Gasteiger partial charge in [-0.25, -0.2) is 0 Å². The van der Waals surface area contributed by atoms with Gasteiger partial charge in [-0.3, -0.25) is 9.59 Å². The largest absolute Gasteiger partial charge is 0.481 e. The first kappa shape index (κ1) is 15.6. The summed E-state index contributed by atoms with van der Waals surface area (Å²) >= 11 is 0. The molecule has 1 aliphatic heterocycles. The van der Waals surface area contributed by atoms with Crippen LogP contribution in [0.25, 0.3) is 0 Å². The monoisotopic (exact) mass is 329 g/mol. The Hall–Kier alpha value is -1.88. The maximum Gasteiger partial charge on any atom is 0.306 e. The fraction of sp³-hybridized carbons (Fsp3) is 0.579. The van der Waals surface area contributed by atoms with E-state index in [1.54, 1.807) is 0 Å². The van der Waals surface area contributed by atoms with Crippen molar-refractivity contribution in [1.29, 1.82) is 0 Å². The molecule has 1 saturated carbocycles. The number of carboxylic acid groups (broad SMARTS) is 1. The summed E-state index contributed by atoms with van der Waals surface area (Å²) in [5.74, 6) is -0.875. The number of carbonyl (C=O) groups excluding carboxylic acids is 1. The van der Waals surface area contributed by atoms with Crippen LogP contribution in [0.4, 0.5) is 0 Å². The van der Waals surface area contributed by atoms with Gasteiger partial charge in [-0.2, -0.15) is 0 Å². The number of fused-ring (bicyclic) bond motifs is 1. The van der Waals surface area contributed by atoms with Crippen LogP contribution in [0.15, 0.2) is 24.3 Å². The second-order valence-electron chi connectivity index (χ2n) is 7.55. The minimum Gasteiger partial charge on any atom is -0.481 e. The maximum absolute atomic E-state index is 12.6. The van der Waals surface area contributed by atoms with E-state index in [2.05, 4.69) is 17.4 Å². The van der Waals surface area contributed by atoms with Crippen LogP contribution >= 0.6 is 0 Å². The van der Waals surface area contributed by atoms with Gasteiger partial charge in [0.2, 0.25) is 5.91 Å². The first-order valence-electron chi connectivity index (χ1n) is 8.79. The molecule has 1 heterocycles. The van der Waals surface area contributed by atoms with E-state index in [4.69, 9.17) is 9.84 Å². The lowest BCUT2D eigenvalue weighted by Gasteiger charge is -2.50. The highest BCUT2D eigenvalue weighted by molar-refractivity contribution is 5.80. The Morgan fingerprint density at radius 2 is 1.75 bits per heavy atom. The smallest absolute Gasteiger partial charge is 0.306 e. The van der Waals surface area contributed by atoms with Gasteiger partial charge in [0.05, 0.1) is 11.5 Å². The molecule has 1 spiro atoms. The molecule has 4 rings (SSSR count). The highest BCUT2D eigenvalue weighted by atomic mass is 16.5. The molecule has 5 heteroatoms. The third kappa shape index (κ3) is 2.81. The summed E-state index contributed by atoms with van der Waals surface area (Å²) in [4.78, 5) is 23.6. The average Bonchev–Trinajstić information content (AvgIpc) is 2.96. The van der Waals surface area contributed by atoms with Crippen molar-refractivity contribution in [3.8, 4) is 0 Å². The van der Waals surface area contributed by atoms with Gasteiger partial charge in [-0.1, -0.05) is 24.3 Å². The van der Waals surface area contributed by atoms with Crippen molar-refractivity contribution in [3.63, 3.8) is 0 Å². The van der Waals surface area contributed by atoms with Crippen molar-refractivity contribution in [2.45, 2.75) is 50.2 Å². The minimum absolute atomic E-state index is 0.0225. The van der Waals surface area contributed by atoms with E-state index in [1.165, 1.54) is 11.1 Å². The van der Waals surface area contributed by atoms with Crippen LogP contribution in [-0.2, 0) is 27.2 Å². The quantitative estimate of drug-likeness (QED) is 0.888. The molecule has 0 radical (unpaired) electrons. The van der Waals surface area contributed by atoms with Crippen molar-refractivity contribution >= 4 is 11.9 Å². The molecule has 0 bridgehead atoms. The predicted octanol–water partition coefficient (Wildman–Crippen LogP) is 1.93. The molecule has 1 aromatic carbocycles. The zero-order valence-corrected chi connectivity index (χ0v) is 13.7. The summed E-state index contributed by atoms with van der Waals surface area (Å²) in [5.41, 5.74) is 2.24. The van der Waals surface area contributed by atoms with E-state index in [-0.39, 0.29) is 29.4 Å². The van der Waals surface area contributed by atoms with Crippen LogP contribution < -0.4 is 5.32 Å². The zero-order chi connectivity index (χ0) is 16.7. The van der Waals surface area contributed by atoms with Gasteiger partial charge in [0.25, 0.3) is 0 Å². The number of benzene rings is 1. The highest BCUT2D eigenvalue weighted by Crippen LogP contribution is 2.46. The molecule has 24 heavy (non-hydrogen) atoms. The number of carbonyl (C=O) groups is 2. The summed E-state index contributed by atoms with van der Waals surface area (Å²) in [5, 5.41) is 12.3. The standard InChI is InChI=1S/C19H23NO4/c21-17(14-7-12-3-1-2-4-13(12)8-14)20-16-5-6-24-19(11-16)9-15(10-19)18(22)23/h1-4,14-16H,5-11H2,(H,20,21)(H,22,23). The number of amides is 1. The Kier molecular flexibility index (Phi) is 3.83. The number of hydrogen-bond donors (Lipinski definition) is 2. The Morgan fingerprint density at radius 1 is 1.08 bits per heavy atom. The first-order chi connectivity index (χ1) is 11.5. The van der Waals surface area contributed by atoms with Crippen LogP contribution in [0.5, 0.6) is 0 Å². The van der Waals surface area contributed by atoms with Crippen LogP contribution in [-0.4, -0.2) is 35.2 Å². The SMILES string of the molecule is O=C(O)C1CC2(CC(NC(=O)C3Cc4ccccc4C3)CCO2)C1. The third-order valence-corrected chi connectivity index (χ3v) is 5.85. The van der Waals surface area contributed by atoms with Crippen LogP contribution in [0.1, 0.15) is 36.8 Å². The van der Waals surface area contributed by atoms with Crippen LogP contribution in [0.2, 0.25) is 0 Å². The number of ether oxygens (including phenoxy) is 1. The van der Waals surface area contributed by atoms with E-state index >= 15 is 0 Å². The van der Waals surface area contributed by atoms with Gasteiger partial charge >= 0.3 is 5.97 Å². The summed E-state index contributed by atoms with van der Waals surface area (Å²) in [6.45, 7) is 0.599. The second-order valence-corrected chi connectivity index (χ2v) is 7.55. The Labute approximate surface area is 141 Å². The van der Waals surface area contributed by atoms with Crippen LogP contribution in [0, 0.1) is 11.8 Å². The summed E-state index contributed by atoms with van der Waals surface area (Å²) < 4.78 is 5.86. The fourth-order valence-corrected chi connectivity index (χ4v) is 4.51. The van der Waals surface area contributed by atoms with Gasteiger partial charge in [-0.15, -0.1) is 0 Å². The summed E-state index contributed by atoms with van der Waals surface area (Å²) in [6.07, 6.45) is 4.33. The molecule has 5 nitrogen and oxygen atoms in total. The van der Waals surface area contributed by atoms with Crippen molar-refractivity contribution in [3.05, 3.63) is 35.4 Å². The molecule has 1 saturated heterocycles. The van der Waals surface area contributed by atoms with Gasteiger partial charge in [-0.05, 0) is 49.7 Å². The molecule has 2 N–H and O–H groups in total. The molecule has 1 aromatic rings. The molecule has 128 valence electrons. The average molecular weight is 329 g/mol. The van der Waals surface area contributed by atoms with E-state index in [0.717, 1.165) is 25.7 Å². The van der Waals surface area contributed by atoms with Gasteiger partial charge in [0, 0.05) is 18.6 Å². The zero-order valence-electron chi connectivity index (χ0n) is 13.7. The van der Waals surface area contributed by atoms with Gasteiger partial charge in [0.15, 0.2) is 0 Å². The maximum atomic E-state index is 12.6. The van der Waals surface area contributed by atoms with E-state index in [0.29, 0.717) is 19.4 Å². The van der Waals surface area contributed by atoms with E-state index in [1.807, 2.05) is 12.1 Å². The second kappa shape index (κ2) is 5.88. The molecular formula is C19H23NO4. The summed E-state index contributed by atoms with van der Waals surface area (Å²) in [7, 11) is 0. The first-order valence-corrected chi connectivity index (χ1v) is 8.79. The van der Waals surface area contributed by atoms with Crippen molar-refractivity contribution in [2.75, 3.05) is 6.61 Å². The van der Waals surface area contributed by atoms with Crippen molar-refractivity contribution < 1.29 is 19.4 Å². The lowest BCUT2D eigenvalue weighted by Crippen LogP contribution is -2.57. The van der Waals surface area contributed by atoms with Crippen molar-refractivity contribution in [1.82, 2.24) is 5.32 Å². The Balaban J connectivity index is 1.33. The van der Waals surface area contributed by atoms with Crippen LogP contribution in [0.3, 0.4) is 0 Å². The van der Waals surface area contributed by atoms with Crippen molar-refractivity contribution in [2.24, 2.45) is 11.8 Å². The van der Waals surface area contributed by atoms with E-state index < -0.39 is 5.97 Å². The molecule has 3 aliphatic rings. The number of rotatable bonds is 3.